The maximum atomic E-state index is 12.4. The van der Waals surface area contributed by atoms with Crippen molar-refractivity contribution in [1.29, 1.82) is 0 Å². The Labute approximate surface area is 124 Å². The van der Waals surface area contributed by atoms with Crippen LogP contribution < -0.4 is 5.32 Å². The molecule has 1 amide bonds. The van der Waals surface area contributed by atoms with E-state index in [0.29, 0.717) is 19.4 Å². The summed E-state index contributed by atoms with van der Waals surface area (Å²) < 4.78 is 37.1. The molecule has 2 rings (SSSR count). The van der Waals surface area contributed by atoms with Gasteiger partial charge in [-0.1, -0.05) is 6.08 Å². The van der Waals surface area contributed by atoms with E-state index in [1.807, 2.05) is 5.38 Å². The van der Waals surface area contributed by atoms with Crippen LogP contribution in [-0.2, 0) is 4.79 Å². The molecule has 0 aliphatic carbocycles. The molecule has 0 atom stereocenters. The van der Waals surface area contributed by atoms with Crippen molar-refractivity contribution in [3.05, 3.63) is 23.7 Å². The summed E-state index contributed by atoms with van der Waals surface area (Å²) in [6.07, 6.45) is -2.05. The maximum Gasteiger partial charge on any atom is 0.471 e. The Morgan fingerprint density at radius 3 is 2.76 bits per heavy atom. The molecule has 1 aromatic rings. The fraction of sp³-hybridized carbons (Fsp3) is 0.538. The van der Waals surface area contributed by atoms with Crippen molar-refractivity contribution < 1.29 is 18.0 Å². The fourth-order valence-electron chi connectivity index (χ4n) is 2.27. The monoisotopic (exact) mass is 319 g/mol. The number of piperidine rings is 1. The van der Waals surface area contributed by atoms with Gasteiger partial charge in [-0.15, -0.1) is 17.9 Å². The molecule has 0 spiro atoms. The van der Waals surface area contributed by atoms with Crippen molar-refractivity contribution in [2.24, 2.45) is 0 Å². The lowest BCUT2D eigenvalue weighted by Crippen LogP contribution is -2.45. The molecule has 0 bridgehead atoms. The first kappa shape index (κ1) is 15.8. The smallest absolute Gasteiger partial charge is 0.358 e. The van der Waals surface area contributed by atoms with Crippen LogP contribution in [0.4, 0.5) is 18.3 Å². The van der Waals surface area contributed by atoms with Crippen molar-refractivity contribution >= 4 is 22.4 Å². The third-order valence-corrected chi connectivity index (χ3v) is 4.18. The van der Waals surface area contributed by atoms with E-state index >= 15 is 0 Å². The van der Waals surface area contributed by atoms with Gasteiger partial charge in [0.25, 0.3) is 0 Å². The minimum atomic E-state index is -4.78. The van der Waals surface area contributed by atoms with Gasteiger partial charge in [0, 0.05) is 30.9 Å². The molecule has 1 aliphatic rings. The Hall–Kier alpha value is -1.57. The van der Waals surface area contributed by atoms with E-state index in [2.05, 4.69) is 16.9 Å². The van der Waals surface area contributed by atoms with Crippen molar-refractivity contribution in [2.75, 3.05) is 25.0 Å². The van der Waals surface area contributed by atoms with E-state index in [4.69, 9.17) is 0 Å². The number of rotatable bonds is 4. The minimum Gasteiger partial charge on any atom is -0.358 e. The SMILES string of the molecule is C=CCNc1nc(C2CCN(C(=O)C(F)(F)F)CC2)cs1. The average molecular weight is 319 g/mol. The number of hydrogen-bond donors (Lipinski definition) is 1. The molecule has 0 unspecified atom stereocenters. The van der Waals surface area contributed by atoms with Crippen LogP contribution in [0.5, 0.6) is 0 Å². The van der Waals surface area contributed by atoms with Crippen LogP contribution in [0, 0.1) is 0 Å². The second kappa shape index (κ2) is 6.46. The van der Waals surface area contributed by atoms with Gasteiger partial charge in [-0.05, 0) is 12.8 Å². The van der Waals surface area contributed by atoms with Crippen LogP contribution >= 0.6 is 11.3 Å². The number of aromatic nitrogens is 1. The topological polar surface area (TPSA) is 45.2 Å². The molecule has 116 valence electrons. The highest BCUT2D eigenvalue weighted by molar-refractivity contribution is 7.13. The number of halogens is 3. The standard InChI is InChI=1S/C13H16F3N3OS/c1-2-5-17-12-18-10(8-21-12)9-3-6-19(7-4-9)11(20)13(14,15)16/h2,8-9H,1,3-7H2,(H,17,18). The summed E-state index contributed by atoms with van der Waals surface area (Å²) >= 11 is 1.46. The number of nitrogens with zero attached hydrogens (tertiary/aromatic N) is 2. The van der Waals surface area contributed by atoms with Gasteiger partial charge in [-0.3, -0.25) is 4.79 Å². The first-order valence-electron chi connectivity index (χ1n) is 6.58. The molecule has 8 heteroatoms. The van der Waals surface area contributed by atoms with Crippen LogP contribution in [0.15, 0.2) is 18.0 Å². The Balaban J connectivity index is 1.90. The Bertz CT molecular complexity index is 507. The van der Waals surface area contributed by atoms with Crippen molar-refractivity contribution in [3.63, 3.8) is 0 Å². The first-order chi connectivity index (χ1) is 9.91. The number of amides is 1. The van der Waals surface area contributed by atoms with E-state index in [-0.39, 0.29) is 19.0 Å². The number of carbonyl (C=O) groups is 1. The van der Waals surface area contributed by atoms with Gasteiger partial charge in [0.2, 0.25) is 0 Å². The summed E-state index contributed by atoms with van der Waals surface area (Å²) in [5, 5.41) is 5.77. The van der Waals surface area contributed by atoms with E-state index in [9.17, 15) is 18.0 Å². The van der Waals surface area contributed by atoms with Crippen LogP contribution in [0.3, 0.4) is 0 Å². The Kier molecular flexibility index (Phi) is 4.87. The molecule has 0 saturated carbocycles. The summed E-state index contributed by atoms with van der Waals surface area (Å²) in [6, 6.07) is 0. The molecule has 1 saturated heterocycles. The van der Waals surface area contributed by atoms with E-state index in [1.54, 1.807) is 6.08 Å². The molecule has 1 aliphatic heterocycles. The maximum absolute atomic E-state index is 12.4. The molecule has 0 radical (unpaired) electrons. The molecular formula is C13H16F3N3OS. The first-order valence-corrected chi connectivity index (χ1v) is 7.46. The van der Waals surface area contributed by atoms with Gasteiger partial charge in [0.05, 0.1) is 5.69 Å². The minimum absolute atomic E-state index is 0.109. The third kappa shape index (κ3) is 3.96. The number of carbonyl (C=O) groups excluding carboxylic acids is 1. The third-order valence-electron chi connectivity index (χ3n) is 3.36. The van der Waals surface area contributed by atoms with Crippen LogP contribution in [0.1, 0.15) is 24.5 Å². The van der Waals surface area contributed by atoms with E-state index in [0.717, 1.165) is 15.7 Å². The van der Waals surface area contributed by atoms with Gasteiger partial charge >= 0.3 is 12.1 Å². The molecule has 2 heterocycles. The average Bonchev–Trinajstić information content (AvgIpc) is 2.92. The molecule has 1 N–H and O–H groups in total. The van der Waals surface area contributed by atoms with Gasteiger partial charge < -0.3 is 10.2 Å². The molecule has 1 fully saturated rings. The zero-order valence-corrected chi connectivity index (χ0v) is 12.1. The fourth-order valence-corrected chi connectivity index (χ4v) is 3.07. The highest BCUT2D eigenvalue weighted by atomic mass is 32.1. The lowest BCUT2D eigenvalue weighted by atomic mass is 9.94. The number of alkyl halides is 3. The number of nitrogens with one attached hydrogen (secondary N) is 1. The van der Waals surface area contributed by atoms with E-state index < -0.39 is 12.1 Å². The highest BCUT2D eigenvalue weighted by Crippen LogP contribution is 2.31. The summed E-state index contributed by atoms with van der Waals surface area (Å²) in [5.74, 6) is -1.63. The Morgan fingerprint density at radius 1 is 1.52 bits per heavy atom. The predicted octanol–water partition coefficient (Wildman–Crippen LogP) is 3.01. The summed E-state index contributed by atoms with van der Waals surface area (Å²) in [4.78, 5) is 16.5. The van der Waals surface area contributed by atoms with Crippen LogP contribution in [0.2, 0.25) is 0 Å². The normalized spacial score (nSPS) is 16.8. The van der Waals surface area contributed by atoms with Crippen molar-refractivity contribution in [2.45, 2.75) is 24.9 Å². The number of hydrogen-bond acceptors (Lipinski definition) is 4. The highest BCUT2D eigenvalue weighted by Gasteiger charge is 2.43. The van der Waals surface area contributed by atoms with Gasteiger partial charge in [-0.25, -0.2) is 4.98 Å². The van der Waals surface area contributed by atoms with Crippen molar-refractivity contribution in [1.82, 2.24) is 9.88 Å². The lowest BCUT2D eigenvalue weighted by molar-refractivity contribution is -0.186. The summed E-state index contributed by atoms with van der Waals surface area (Å²) in [5.41, 5.74) is 0.880. The molecule has 0 aromatic carbocycles. The molecule has 21 heavy (non-hydrogen) atoms. The molecular weight excluding hydrogens is 303 g/mol. The number of thiazole rings is 1. The summed E-state index contributed by atoms with van der Waals surface area (Å²) in [6.45, 7) is 4.46. The van der Waals surface area contributed by atoms with Crippen LogP contribution in [0.25, 0.3) is 0 Å². The second-order valence-corrected chi connectivity index (χ2v) is 5.67. The van der Waals surface area contributed by atoms with Crippen LogP contribution in [-0.4, -0.2) is 41.6 Å². The zero-order chi connectivity index (χ0) is 15.5. The summed E-state index contributed by atoms with van der Waals surface area (Å²) in [7, 11) is 0. The van der Waals surface area contributed by atoms with E-state index in [1.165, 1.54) is 11.3 Å². The molecule has 1 aromatic heterocycles. The lowest BCUT2D eigenvalue weighted by Gasteiger charge is -2.31. The Morgan fingerprint density at radius 2 is 2.19 bits per heavy atom. The van der Waals surface area contributed by atoms with Gasteiger partial charge in [0.1, 0.15) is 0 Å². The van der Waals surface area contributed by atoms with Gasteiger partial charge in [0.15, 0.2) is 5.13 Å². The predicted molar refractivity (Wildman–Crippen MR) is 75.4 cm³/mol. The second-order valence-electron chi connectivity index (χ2n) is 4.81. The largest absolute Gasteiger partial charge is 0.471 e. The number of anilines is 1. The molecule has 4 nitrogen and oxygen atoms in total. The quantitative estimate of drug-likeness (QED) is 0.868. The van der Waals surface area contributed by atoms with Crippen molar-refractivity contribution in [3.8, 4) is 0 Å². The zero-order valence-electron chi connectivity index (χ0n) is 11.3. The van der Waals surface area contributed by atoms with Gasteiger partial charge in [-0.2, -0.15) is 13.2 Å². The number of likely N-dealkylation sites (tertiary alicyclic amines) is 1.